The molecule has 0 unspecified atom stereocenters. The number of hydrogen-bond acceptors (Lipinski definition) is 6. The second-order valence-corrected chi connectivity index (χ2v) is 18.5. The van der Waals surface area contributed by atoms with Crippen molar-refractivity contribution in [1.82, 2.24) is 0 Å². The van der Waals surface area contributed by atoms with Crippen molar-refractivity contribution in [2.75, 3.05) is 13.2 Å². The predicted molar refractivity (Wildman–Crippen MR) is 306 cm³/mol. The van der Waals surface area contributed by atoms with E-state index in [1.165, 1.54) is 77.0 Å². The van der Waals surface area contributed by atoms with Gasteiger partial charge in [-0.05, 0) is 135 Å². The van der Waals surface area contributed by atoms with E-state index in [1.54, 1.807) is 0 Å². The van der Waals surface area contributed by atoms with E-state index < -0.39 is 6.10 Å². The average molecular weight is 982 g/mol. The second-order valence-electron chi connectivity index (χ2n) is 18.5. The van der Waals surface area contributed by atoms with Crippen LogP contribution in [-0.2, 0) is 28.6 Å². The van der Waals surface area contributed by atoms with Gasteiger partial charge in [-0.15, -0.1) is 0 Å². The Hall–Kier alpha value is -4.45. The van der Waals surface area contributed by atoms with Gasteiger partial charge in [0.15, 0.2) is 6.10 Å². The Morgan fingerprint density at radius 3 is 0.930 bits per heavy atom. The second kappa shape index (κ2) is 58.1. The van der Waals surface area contributed by atoms with Crippen LogP contribution in [0, 0.1) is 0 Å². The van der Waals surface area contributed by atoms with Gasteiger partial charge in [-0.2, -0.15) is 0 Å². The van der Waals surface area contributed by atoms with E-state index in [4.69, 9.17) is 14.2 Å². The van der Waals surface area contributed by atoms with E-state index >= 15 is 0 Å². The molecule has 1 atom stereocenters. The van der Waals surface area contributed by atoms with E-state index in [1.807, 2.05) is 0 Å². The summed E-state index contributed by atoms with van der Waals surface area (Å²) < 4.78 is 16.8. The van der Waals surface area contributed by atoms with Crippen LogP contribution in [-0.4, -0.2) is 37.2 Å². The molecule has 6 nitrogen and oxygen atoms in total. The lowest BCUT2D eigenvalue weighted by Gasteiger charge is -2.18. The van der Waals surface area contributed by atoms with Gasteiger partial charge in [-0.3, -0.25) is 14.4 Å². The highest BCUT2D eigenvalue weighted by Gasteiger charge is 2.19. The highest BCUT2D eigenvalue weighted by Crippen LogP contribution is 2.13. The Kier molecular flexibility index (Phi) is 54.5. The monoisotopic (exact) mass is 981 g/mol. The number of carbonyl (C=O) groups excluding carboxylic acids is 3. The predicted octanol–water partition coefficient (Wildman–Crippen LogP) is 19.4. The molecule has 0 saturated carbocycles. The van der Waals surface area contributed by atoms with Gasteiger partial charge in [0, 0.05) is 19.3 Å². The van der Waals surface area contributed by atoms with Crippen LogP contribution in [0.25, 0.3) is 0 Å². The third-order valence-corrected chi connectivity index (χ3v) is 11.6. The van der Waals surface area contributed by atoms with Crippen LogP contribution in [0.4, 0.5) is 0 Å². The molecular weight excluding hydrogens is 877 g/mol. The summed E-state index contributed by atoms with van der Waals surface area (Å²) in [5.74, 6) is -1.02. The van der Waals surface area contributed by atoms with Crippen molar-refractivity contribution in [3.8, 4) is 0 Å². The summed E-state index contributed by atoms with van der Waals surface area (Å²) in [5.41, 5.74) is 0. The first kappa shape index (κ1) is 66.6. The third-order valence-electron chi connectivity index (χ3n) is 11.6. The average Bonchev–Trinajstić information content (AvgIpc) is 3.37. The lowest BCUT2D eigenvalue weighted by Crippen LogP contribution is -2.30. The summed E-state index contributed by atoms with van der Waals surface area (Å²) in [6.07, 6.45) is 81.5. The maximum Gasteiger partial charge on any atom is 0.306 e. The fraction of sp³-hybridized carbons (Fsp3) is 0.615. The van der Waals surface area contributed by atoms with Crippen molar-refractivity contribution >= 4 is 17.9 Å². The van der Waals surface area contributed by atoms with Crippen LogP contribution >= 0.6 is 0 Å². The normalized spacial score (nSPS) is 13.1. The number of carbonyl (C=O) groups is 3. The first-order valence-corrected chi connectivity index (χ1v) is 28.7. The molecule has 0 aliphatic rings. The van der Waals surface area contributed by atoms with Gasteiger partial charge in [0.25, 0.3) is 0 Å². The lowest BCUT2D eigenvalue weighted by atomic mass is 10.1. The largest absolute Gasteiger partial charge is 0.462 e. The van der Waals surface area contributed by atoms with E-state index in [9.17, 15) is 14.4 Å². The molecule has 0 radical (unpaired) electrons. The molecule has 0 aliphatic carbocycles. The van der Waals surface area contributed by atoms with Crippen molar-refractivity contribution < 1.29 is 28.6 Å². The van der Waals surface area contributed by atoms with E-state index in [0.29, 0.717) is 19.3 Å². The molecular formula is C65H104O6. The number of hydrogen-bond donors (Lipinski definition) is 0. The molecule has 0 aliphatic heterocycles. The van der Waals surface area contributed by atoms with Gasteiger partial charge in [0.2, 0.25) is 0 Å². The minimum absolute atomic E-state index is 0.120. The molecule has 0 fully saturated rings. The summed E-state index contributed by atoms with van der Waals surface area (Å²) >= 11 is 0. The molecule has 0 aromatic heterocycles. The first-order chi connectivity index (χ1) is 35.0. The summed E-state index contributed by atoms with van der Waals surface area (Å²) in [5, 5.41) is 0. The maximum atomic E-state index is 12.9. The lowest BCUT2D eigenvalue weighted by molar-refractivity contribution is -0.167. The van der Waals surface area contributed by atoms with E-state index in [0.717, 1.165) is 116 Å². The standard InChI is InChI=1S/C65H104O6/c1-4-7-10-13-16-19-22-25-28-31-32-35-37-40-43-46-49-52-55-58-64(67)70-61-62(71-65(68)59-56-53-50-47-44-41-38-34-30-27-24-21-18-15-12-9-6-3)60-69-63(66)57-54-51-48-45-42-39-36-33-29-26-23-20-17-14-11-8-5-2/h8,11,16-21,25-30,32,35-36,39-40,43,45,48,62H,4-7,9-10,12-15,22-24,31,33-34,37-38,41-42,44,46-47,49-61H2,1-3H3/b11-8-,19-16-,20-17-,21-18-,28-25-,29-26-,30-27-,35-32-,39-36-,43-40-,48-45-/t62-/m1/s1. The van der Waals surface area contributed by atoms with Crippen molar-refractivity contribution in [3.05, 3.63) is 134 Å². The van der Waals surface area contributed by atoms with Crippen molar-refractivity contribution in [3.63, 3.8) is 0 Å². The van der Waals surface area contributed by atoms with Crippen molar-refractivity contribution in [1.29, 1.82) is 0 Å². The maximum absolute atomic E-state index is 12.9. The zero-order chi connectivity index (χ0) is 51.4. The summed E-state index contributed by atoms with van der Waals surface area (Å²) in [6, 6.07) is 0. The summed E-state index contributed by atoms with van der Waals surface area (Å²) in [7, 11) is 0. The quantitative estimate of drug-likeness (QED) is 0.0262. The number of unbranched alkanes of at least 4 members (excludes halogenated alkanes) is 17. The fourth-order valence-electron chi connectivity index (χ4n) is 7.31. The molecule has 71 heavy (non-hydrogen) atoms. The molecule has 0 bridgehead atoms. The molecule has 400 valence electrons. The minimum atomic E-state index is -0.824. The van der Waals surface area contributed by atoms with Gasteiger partial charge < -0.3 is 14.2 Å². The minimum Gasteiger partial charge on any atom is -0.462 e. The first-order valence-electron chi connectivity index (χ1n) is 28.7. The van der Waals surface area contributed by atoms with E-state index in [-0.39, 0.29) is 37.5 Å². The highest BCUT2D eigenvalue weighted by molar-refractivity contribution is 5.71. The Labute approximate surface area is 436 Å². The number of allylic oxidation sites excluding steroid dienone is 22. The van der Waals surface area contributed by atoms with Gasteiger partial charge in [0.05, 0.1) is 0 Å². The molecule has 0 aromatic rings. The third kappa shape index (κ3) is 56.3. The molecule has 0 rings (SSSR count). The Balaban J connectivity index is 4.57. The van der Waals surface area contributed by atoms with Crippen LogP contribution in [0.2, 0.25) is 0 Å². The Morgan fingerprint density at radius 2 is 0.563 bits per heavy atom. The SMILES string of the molecule is CC/C=C\C/C=C\C/C=C\C/C=C\C/C=C\CCCC(=O)OC[C@H](COC(=O)CCCCC/C=C\C/C=C\C/C=C\C/C=C\CCCCC)OC(=O)CCCCCCCCC/C=C\C/C=C\CCCCC. The van der Waals surface area contributed by atoms with Crippen LogP contribution in [0.1, 0.15) is 239 Å². The van der Waals surface area contributed by atoms with Crippen LogP contribution < -0.4 is 0 Å². The topological polar surface area (TPSA) is 78.9 Å². The smallest absolute Gasteiger partial charge is 0.306 e. The van der Waals surface area contributed by atoms with Crippen LogP contribution in [0.15, 0.2) is 134 Å². The van der Waals surface area contributed by atoms with Crippen LogP contribution in [0.3, 0.4) is 0 Å². The molecule has 0 spiro atoms. The number of esters is 3. The van der Waals surface area contributed by atoms with Gasteiger partial charge in [0.1, 0.15) is 13.2 Å². The van der Waals surface area contributed by atoms with Gasteiger partial charge >= 0.3 is 17.9 Å². The molecule has 0 aromatic carbocycles. The summed E-state index contributed by atoms with van der Waals surface area (Å²) in [6.45, 7) is 6.38. The Morgan fingerprint density at radius 1 is 0.296 bits per heavy atom. The molecule has 0 amide bonds. The van der Waals surface area contributed by atoms with Gasteiger partial charge in [-0.1, -0.05) is 219 Å². The number of rotatable bonds is 50. The highest BCUT2D eigenvalue weighted by atomic mass is 16.6. The molecule has 6 heteroatoms. The molecule has 0 saturated heterocycles. The number of ether oxygens (including phenoxy) is 3. The molecule has 0 heterocycles. The molecule has 0 N–H and O–H groups in total. The zero-order valence-electron chi connectivity index (χ0n) is 45.7. The van der Waals surface area contributed by atoms with E-state index in [2.05, 4.69) is 154 Å². The Bertz CT molecular complexity index is 1550. The van der Waals surface area contributed by atoms with Crippen LogP contribution in [0.5, 0.6) is 0 Å². The van der Waals surface area contributed by atoms with Crippen molar-refractivity contribution in [2.24, 2.45) is 0 Å². The fourth-order valence-corrected chi connectivity index (χ4v) is 7.31. The summed E-state index contributed by atoms with van der Waals surface area (Å²) in [4.78, 5) is 38.2. The van der Waals surface area contributed by atoms with Gasteiger partial charge in [-0.25, -0.2) is 0 Å². The zero-order valence-corrected chi connectivity index (χ0v) is 45.7. The van der Waals surface area contributed by atoms with Crippen molar-refractivity contribution in [2.45, 2.75) is 245 Å².